The second-order valence-electron chi connectivity index (χ2n) is 6.33. The fraction of sp³-hybridized carbons (Fsp3) is 0.333. The zero-order valence-corrected chi connectivity index (χ0v) is 12.6. The van der Waals surface area contributed by atoms with Crippen LogP contribution >= 0.6 is 0 Å². The van der Waals surface area contributed by atoms with Crippen molar-refractivity contribution in [1.82, 2.24) is 0 Å². The highest BCUT2D eigenvalue weighted by atomic mass is 19.1. The Morgan fingerprint density at radius 3 is 2.15 bits per heavy atom. The van der Waals surface area contributed by atoms with Crippen molar-refractivity contribution in [3.8, 4) is 0 Å². The average Bonchev–Trinajstić information content (AvgIpc) is 2.40. The Morgan fingerprint density at radius 2 is 1.60 bits per heavy atom. The van der Waals surface area contributed by atoms with Gasteiger partial charge in [-0.25, -0.2) is 4.39 Å². The molecule has 1 nitrogen and oxygen atoms in total. The molecule has 2 aromatic carbocycles. The number of nitrogens with two attached hydrogens (primary N) is 1. The van der Waals surface area contributed by atoms with E-state index >= 15 is 0 Å². The van der Waals surface area contributed by atoms with E-state index in [2.05, 4.69) is 32.9 Å². The Balaban J connectivity index is 2.34. The number of aryl methyl sites for hydroxylation is 1. The molecule has 1 unspecified atom stereocenters. The van der Waals surface area contributed by atoms with Crippen molar-refractivity contribution in [3.05, 3.63) is 70.5 Å². The molecule has 0 aromatic heterocycles. The summed E-state index contributed by atoms with van der Waals surface area (Å²) < 4.78 is 14.1. The number of benzene rings is 2. The summed E-state index contributed by atoms with van der Waals surface area (Å²) in [6, 6.07) is 13.1. The Morgan fingerprint density at radius 1 is 1.00 bits per heavy atom. The third-order valence-electron chi connectivity index (χ3n) is 3.69. The Kier molecular flexibility index (Phi) is 3.96. The summed E-state index contributed by atoms with van der Waals surface area (Å²) in [6.45, 7) is 8.26. The van der Waals surface area contributed by atoms with Crippen LogP contribution in [-0.2, 0) is 5.41 Å². The lowest BCUT2D eigenvalue weighted by Crippen LogP contribution is -2.15. The van der Waals surface area contributed by atoms with Crippen LogP contribution in [0.4, 0.5) is 4.39 Å². The molecular weight excluding hydrogens is 249 g/mol. The Bertz CT molecular complexity index is 594. The molecule has 0 amide bonds. The Labute approximate surface area is 120 Å². The van der Waals surface area contributed by atoms with Crippen LogP contribution in [0.3, 0.4) is 0 Å². The first-order valence-electron chi connectivity index (χ1n) is 6.92. The van der Waals surface area contributed by atoms with Crippen molar-refractivity contribution < 1.29 is 4.39 Å². The van der Waals surface area contributed by atoms with Gasteiger partial charge in [0.05, 0.1) is 6.04 Å². The maximum absolute atomic E-state index is 14.1. The van der Waals surface area contributed by atoms with E-state index in [4.69, 9.17) is 5.73 Å². The number of rotatable bonds is 2. The monoisotopic (exact) mass is 271 g/mol. The summed E-state index contributed by atoms with van der Waals surface area (Å²) in [6.07, 6.45) is 0. The molecule has 0 fully saturated rings. The second-order valence-corrected chi connectivity index (χ2v) is 6.33. The maximum Gasteiger partial charge on any atom is 0.131 e. The molecule has 2 rings (SSSR count). The highest BCUT2D eigenvalue weighted by Crippen LogP contribution is 2.27. The Hall–Kier alpha value is -1.67. The van der Waals surface area contributed by atoms with Gasteiger partial charge in [-0.05, 0) is 29.0 Å². The summed E-state index contributed by atoms with van der Waals surface area (Å²) in [5.74, 6) is -0.208. The predicted octanol–water partition coefficient (Wildman–Crippen LogP) is 4.48. The zero-order chi connectivity index (χ0) is 14.9. The van der Waals surface area contributed by atoms with Crippen LogP contribution in [-0.4, -0.2) is 0 Å². The summed E-state index contributed by atoms with van der Waals surface area (Å²) >= 11 is 0. The number of hydrogen-bond acceptors (Lipinski definition) is 1. The van der Waals surface area contributed by atoms with E-state index in [1.165, 1.54) is 5.56 Å². The van der Waals surface area contributed by atoms with Crippen molar-refractivity contribution in [3.63, 3.8) is 0 Å². The molecule has 0 heterocycles. The lowest BCUT2D eigenvalue weighted by Gasteiger charge is -2.20. The first-order valence-corrected chi connectivity index (χ1v) is 6.92. The maximum atomic E-state index is 14.1. The smallest absolute Gasteiger partial charge is 0.131 e. The first-order chi connectivity index (χ1) is 9.30. The number of halogens is 1. The fourth-order valence-corrected chi connectivity index (χ4v) is 2.28. The minimum Gasteiger partial charge on any atom is -0.320 e. The van der Waals surface area contributed by atoms with Crippen molar-refractivity contribution in [2.75, 3.05) is 0 Å². The van der Waals surface area contributed by atoms with Crippen LogP contribution in [0.15, 0.2) is 42.5 Å². The average molecular weight is 271 g/mol. The minimum absolute atomic E-state index is 0.108. The fourth-order valence-electron chi connectivity index (χ4n) is 2.28. The predicted molar refractivity (Wildman–Crippen MR) is 82.3 cm³/mol. The molecule has 0 spiro atoms. The molecule has 1 atom stereocenters. The lowest BCUT2D eigenvalue weighted by molar-refractivity contribution is 0.586. The van der Waals surface area contributed by atoms with E-state index in [0.29, 0.717) is 11.1 Å². The SMILES string of the molecule is Cc1cccc(C(N)c2ccc(C(C)(C)C)cc2)c1F. The molecule has 106 valence electrons. The van der Waals surface area contributed by atoms with Crippen LogP contribution in [0.5, 0.6) is 0 Å². The minimum atomic E-state index is -0.427. The molecule has 2 N–H and O–H groups in total. The molecule has 0 aliphatic carbocycles. The third-order valence-corrected chi connectivity index (χ3v) is 3.69. The molecule has 0 saturated carbocycles. The van der Waals surface area contributed by atoms with Crippen LogP contribution in [0, 0.1) is 12.7 Å². The van der Waals surface area contributed by atoms with Gasteiger partial charge in [-0.2, -0.15) is 0 Å². The molecule has 0 aliphatic heterocycles. The third kappa shape index (κ3) is 2.91. The van der Waals surface area contributed by atoms with Gasteiger partial charge in [0.2, 0.25) is 0 Å². The first kappa shape index (κ1) is 14.7. The summed E-state index contributed by atoms with van der Waals surface area (Å²) in [5.41, 5.74) is 9.67. The van der Waals surface area contributed by atoms with Gasteiger partial charge >= 0.3 is 0 Å². The van der Waals surface area contributed by atoms with Crippen LogP contribution in [0.1, 0.15) is 49.1 Å². The molecule has 2 heteroatoms. The van der Waals surface area contributed by atoms with E-state index in [1.807, 2.05) is 18.2 Å². The van der Waals surface area contributed by atoms with Gasteiger partial charge in [0.25, 0.3) is 0 Å². The summed E-state index contributed by atoms with van der Waals surface area (Å²) in [7, 11) is 0. The largest absolute Gasteiger partial charge is 0.320 e. The summed E-state index contributed by atoms with van der Waals surface area (Å²) in [4.78, 5) is 0. The topological polar surface area (TPSA) is 26.0 Å². The van der Waals surface area contributed by atoms with E-state index in [0.717, 1.165) is 5.56 Å². The van der Waals surface area contributed by atoms with E-state index in [9.17, 15) is 4.39 Å². The quantitative estimate of drug-likeness (QED) is 0.856. The van der Waals surface area contributed by atoms with Gasteiger partial charge in [-0.3, -0.25) is 0 Å². The van der Waals surface area contributed by atoms with Gasteiger partial charge in [0, 0.05) is 5.56 Å². The van der Waals surface area contributed by atoms with Crippen LogP contribution < -0.4 is 5.73 Å². The molecular formula is C18H22FN. The van der Waals surface area contributed by atoms with E-state index in [1.54, 1.807) is 19.1 Å². The molecule has 0 bridgehead atoms. The second kappa shape index (κ2) is 5.37. The van der Waals surface area contributed by atoms with Crippen LogP contribution in [0.25, 0.3) is 0 Å². The van der Waals surface area contributed by atoms with Gasteiger partial charge in [-0.1, -0.05) is 63.2 Å². The molecule has 0 aliphatic rings. The van der Waals surface area contributed by atoms with Gasteiger partial charge in [-0.15, -0.1) is 0 Å². The molecule has 0 saturated heterocycles. The lowest BCUT2D eigenvalue weighted by atomic mass is 9.86. The van der Waals surface area contributed by atoms with Gasteiger partial charge in [0.15, 0.2) is 0 Å². The highest BCUT2D eigenvalue weighted by molar-refractivity contribution is 5.37. The molecule has 20 heavy (non-hydrogen) atoms. The highest BCUT2D eigenvalue weighted by Gasteiger charge is 2.17. The molecule has 2 aromatic rings. The standard InChI is InChI=1S/C18H22FN/c1-12-6-5-7-15(16(12)19)17(20)13-8-10-14(11-9-13)18(2,3)4/h5-11,17H,20H2,1-4H3. The van der Waals surface area contributed by atoms with Gasteiger partial charge in [0.1, 0.15) is 5.82 Å². The zero-order valence-electron chi connectivity index (χ0n) is 12.6. The van der Waals surface area contributed by atoms with Gasteiger partial charge < -0.3 is 5.73 Å². The van der Waals surface area contributed by atoms with Crippen molar-refractivity contribution in [2.45, 2.75) is 39.2 Å². The van der Waals surface area contributed by atoms with Crippen molar-refractivity contribution in [2.24, 2.45) is 5.73 Å². The molecule has 0 radical (unpaired) electrons. The van der Waals surface area contributed by atoms with Crippen molar-refractivity contribution in [1.29, 1.82) is 0 Å². The van der Waals surface area contributed by atoms with E-state index in [-0.39, 0.29) is 11.2 Å². The van der Waals surface area contributed by atoms with Crippen molar-refractivity contribution >= 4 is 0 Å². The normalized spacial score (nSPS) is 13.3. The van der Waals surface area contributed by atoms with E-state index < -0.39 is 6.04 Å². The number of hydrogen-bond donors (Lipinski definition) is 1. The van der Waals surface area contributed by atoms with Crippen LogP contribution in [0.2, 0.25) is 0 Å². The summed E-state index contributed by atoms with van der Waals surface area (Å²) in [5, 5.41) is 0.